The van der Waals surface area contributed by atoms with Crippen LogP contribution in [0.2, 0.25) is 0 Å². The van der Waals surface area contributed by atoms with E-state index in [-0.39, 0.29) is 16.3 Å². The van der Waals surface area contributed by atoms with Gasteiger partial charge in [0, 0.05) is 24.2 Å². The van der Waals surface area contributed by atoms with E-state index in [1.165, 1.54) is 23.6 Å². The third-order valence-electron chi connectivity index (χ3n) is 6.88. The predicted molar refractivity (Wildman–Crippen MR) is 105 cm³/mol. The summed E-state index contributed by atoms with van der Waals surface area (Å²) in [5, 5.41) is 3.35. The van der Waals surface area contributed by atoms with Gasteiger partial charge in [0.25, 0.3) is 5.91 Å². The molecule has 0 atom stereocenters. The smallest absolute Gasteiger partial charge is 0.251 e. The highest BCUT2D eigenvalue weighted by molar-refractivity contribution is 7.89. The third kappa shape index (κ3) is 3.42. The zero-order valence-electron chi connectivity index (χ0n) is 16.3. The van der Waals surface area contributed by atoms with Crippen molar-refractivity contribution >= 4 is 15.9 Å². The van der Waals surface area contributed by atoms with E-state index in [0.717, 1.165) is 37.0 Å². The molecule has 1 amide bonds. The Bertz CT molecular complexity index is 777. The molecule has 6 heteroatoms. The molecule has 4 bridgehead atoms. The first kappa shape index (κ1) is 18.9. The highest BCUT2D eigenvalue weighted by Crippen LogP contribution is 2.55. The van der Waals surface area contributed by atoms with Crippen LogP contribution in [0.25, 0.3) is 0 Å². The second kappa shape index (κ2) is 6.89. The van der Waals surface area contributed by atoms with E-state index < -0.39 is 10.0 Å². The summed E-state index contributed by atoms with van der Waals surface area (Å²) in [5.41, 5.74) is 0.516. The lowest BCUT2D eigenvalue weighted by Crippen LogP contribution is -2.59. The fourth-order valence-corrected chi connectivity index (χ4v) is 7.53. The van der Waals surface area contributed by atoms with E-state index in [0.29, 0.717) is 18.7 Å². The number of benzene rings is 1. The normalized spacial score (nSPS) is 32.0. The zero-order valence-corrected chi connectivity index (χ0v) is 17.1. The van der Waals surface area contributed by atoms with Crippen LogP contribution in [0.15, 0.2) is 29.2 Å². The van der Waals surface area contributed by atoms with Crippen molar-refractivity contribution in [1.29, 1.82) is 0 Å². The number of rotatable bonds is 6. The van der Waals surface area contributed by atoms with Crippen LogP contribution in [0.5, 0.6) is 0 Å². The van der Waals surface area contributed by atoms with Gasteiger partial charge in [-0.25, -0.2) is 8.42 Å². The van der Waals surface area contributed by atoms with Gasteiger partial charge in [0.05, 0.1) is 4.90 Å². The number of nitrogens with zero attached hydrogens (tertiary/aromatic N) is 1. The maximum Gasteiger partial charge on any atom is 0.251 e. The van der Waals surface area contributed by atoms with Gasteiger partial charge in [0.1, 0.15) is 0 Å². The lowest BCUT2D eigenvalue weighted by Gasteiger charge is -2.56. The standard InChI is InChI=1S/C21H30N2O3S/c1-3-23(4-2)27(25,26)19-7-5-18(6-8-19)20(24)22-21-12-15-9-16(13-21)11-17(10-15)14-21/h5-8,15-17H,3-4,9-14H2,1-2H3,(H,22,24). The van der Waals surface area contributed by atoms with Crippen LogP contribution in [-0.2, 0) is 10.0 Å². The van der Waals surface area contributed by atoms with Crippen molar-refractivity contribution in [2.24, 2.45) is 17.8 Å². The Morgan fingerprint density at radius 1 is 1.00 bits per heavy atom. The molecule has 148 valence electrons. The molecule has 4 fully saturated rings. The molecule has 0 radical (unpaired) electrons. The van der Waals surface area contributed by atoms with Crippen molar-refractivity contribution in [2.45, 2.75) is 62.8 Å². The lowest BCUT2D eigenvalue weighted by molar-refractivity contribution is -0.0167. The summed E-state index contributed by atoms with van der Waals surface area (Å²) in [7, 11) is -3.49. The minimum Gasteiger partial charge on any atom is -0.347 e. The number of hydrogen-bond acceptors (Lipinski definition) is 3. The van der Waals surface area contributed by atoms with Crippen molar-refractivity contribution in [3.05, 3.63) is 29.8 Å². The Hall–Kier alpha value is -1.40. The van der Waals surface area contributed by atoms with Gasteiger partial charge < -0.3 is 5.32 Å². The minimum atomic E-state index is -3.49. The van der Waals surface area contributed by atoms with E-state index in [1.54, 1.807) is 24.3 Å². The molecule has 4 aliphatic carbocycles. The summed E-state index contributed by atoms with van der Waals surface area (Å²) in [5.74, 6) is 2.26. The quantitative estimate of drug-likeness (QED) is 0.809. The fraction of sp³-hybridized carbons (Fsp3) is 0.667. The van der Waals surface area contributed by atoms with Crippen molar-refractivity contribution in [1.82, 2.24) is 9.62 Å². The Morgan fingerprint density at radius 2 is 1.48 bits per heavy atom. The summed E-state index contributed by atoms with van der Waals surface area (Å²) in [6.45, 7) is 4.53. The van der Waals surface area contributed by atoms with E-state index in [4.69, 9.17) is 0 Å². The van der Waals surface area contributed by atoms with E-state index in [2.05, 4.69) is 5.32 Å². The van der Waals surface area contributed by atoms with Crippen LogP contribution >= 0.6 is 0 Å². The Kier molecular flexibility index (Phi) is 4.83. The Labute approximate surface area is 162 Å². The van der Waals surface area contributed by atoms with Gasteiger partial charge in [-0.3, -0.25) is 4.79 Å². The van der Waals surface area contributed by atoms with Crippen LogP contribution < -0.4 is 5.32 Å². The topological polar surface area (TPSA) is 66.5 Å². The number of nitrogens with one attached hydrogen (secondary N) is 1. The highest BCUT2D eigenvalue weighted by atomic mass is 32.2. The summed E-state index contributed by atoms with van der Waals surface area (Å²) in [4.78, 5) is 13.1. The molecule has 4 saturated carbocycles. The van der Waals surface area contributed by atoms with Gasteiger partial charge in [-0.1, -0.05) is 13.8 Å². The van der Waals surface area contributed by atoms with Crippen molar-refractivity contribution < 1.29 is 13.2 Å². The molecule has 0 saturated heterocycles. The van der Waals surface area contributed by atoms with Crippen molar-refractivity contribution in [3.8, 4) is 0 Å². The first-order valence-corrected chi connectivity index (χ1v) is 11.7. The molecule has 4 aliphatic rings. The lowest BCUT2D eigenvalue weighted by atomic mass is 9.53. The summed E-state index contributed by atoms with van der Waals surface area (Å²) in [6, 6.07) is 6.41. The molecule has 0 aliphatic heterocycles. The molecule has 1 aromatic rings. The van der Waals surface area contributed by atoms with Crippen LogP contribution in [0.3, 0.4) is 0 Å². The third-order valence-corrected chi connectivity index (χ3v) is 8.94. The molecular weight excluding hydrogens is 360 g/mol. The van der Waals surface area contributed by atoms with Gasteiger partial charge in [0.15, 0.2) is 0 Å². The fourth-order valence-electron chi connectivity index (χ4n) is 6.07. The second-order valence-electron chi connectivity index (χ2n) is 8.77. The molecule has 0 unspecified atom stereocenters. The second-order valence-corrected chi connectivity index (χ2v) is 10.7. The number of carbonyl (C=O) groups is 1. The van der Waals surface area contributed by atoms with E-state index >= 15 is 0 Å². The number of carbonyl (C=O) groups excluding carboxylic acids is 1. The predicted octanol–water partition coefficient (Wildman–Crippen LogP) is 3.42. The van der Waals surface area contributed by atoms with Crippen LogP contribution in [0.4, 0.5) is 0 Å². The number of hydrogen-bond donors (Lipinski definition) is 1. The molecule has 0 heterocycles. The van der Waals surface area contributed by atoms with Crippen LogP contribution in [-0.4, -0.2) is 37.3 Å². The van der Waals surface area contributed by atoms with Crippen LogP contribution in [0.1, 0.15) is 62.7 Å². The van der Waals surface area contributed by atoms with Gasteiger partial charge in [-0.15, -0.1) is 0 Å². The monoisotopic (exact) mass is 390 g/mol. The molecule has 0 aromatic heterocycles. The number of sulfonamides is 1. The Morgan fingerprint density at radius 3 is 1.93 bits per heavy atom. The van der Waals surface area contributed by atoms with E-state index in [9.17, 15) is 13.2 Å². The van der Waals surface area contributed by atoms with E-state index in [1.807, 2.05) is 13.8 Å². The molecule has 5 rings (SSSR count). The average Bonchev–Trinajstić information content (AvgIpc) is 2.61. The average molecular weight is 391 g/mol. The van der Waals surface area contributed by atoms with Crippen molar-refractivity contribution in [2.75, 3.05) is 13.1 Å². The largest absolute Gasteiger partial charge is 0.347 e. The van der Waals surface area contributed by atoms with Crippen LogP contribution in [0, 0.1) is 17.8 Å². The van der Waals surface area contributed by atoms with Gasteiger partial charge >= 0.3 is 0 Å². The molecule has 27 heavy (non-hydrogen) atoms. The molecule has 1 aromatic carbocycles. The SMILES string of the molecule is CCN(CC)S(=O)(=O)c1ccc(C(=O)NC23CC4CC(CC(C4)C2)C3)cc1. The first-order chi connectivity index (χ1) is 12.8. The molecule has 0 spiro atoms. The Balaban J connectivity index is 1.49. The maximum absolute atomic E-state index is 12.9. The molecular formula is C21H30N2O3S. The van der Waals surface area contributed by atoms with Crippen molar-refractivity contribution in [3.63, 3.8) is 0 Å². The molecule has 5 nitrogen and oxygen atoms in total. The molecule has 1 N–H and O–H groups in total. The highest BCUT2D eigenvalue weighted by Gasteiger charge is 2.51. The van der Waals surface area contributed by atoms with Gasteiger partial charge in [0.2, 0.25) is 10.0 Å². The first-order valence-electron chi connectivity index (χ1n) is 10.3. The summed E-state index contributed by atoms with van der Waals surface area (Å²) >= 11 is 0. The van der Waals surface area contributed by atoms with Gasteiger partial charge in [-0.2, -0.15) is 4.31 Å². The zero-order chi connectivity index (χ0) is 19.2. The minimum absolute atomic E-state index is 0.0300. The van der Waals surface area contributed by atoms with Gasteiger partial charge in [-0.05, 0) is 80.5 Å². The maximum atomic E-state index is 12.9. The summed E-state index contributed by atoms with van der Waals surface area (Å²) in [6.07, 6.45) is 7.35. The summed E-state index contributed by atoms with van der Waals surface area (Å²) < 4.78 is 26.6. The number of amides is 1.